The lowest BCUT2D eigenvalue weighted by atomic mass is 10.0. The van der Waals surface area contributed by atoms with E-state index in [1.54, 1.807) is 6.07 Å². The molecule has 0 spiro atoms. The molecule has 17 heavy (non-hydrogen) atoms. The van der Waals surface area contributed by atoms with Crippen molar-refractivity contribution in [2.45, 2.75) is 38.8 Å². The van der Waals surface area contributed by atoms with Gasteiger partial charge in [-0.05, 0) is 38.5 Å². The molecule has 0 unspecified atom stereocenters. The van der Waals surface area contributed by atoms with E-state index >= 15 is 0 Å². The summed E-state index contributed by atoms with van der Waals surface area (Å²) in [6.07, 6.45) is -0.0844. The van der Waals surface area contributed by atoms with Gasteiger partial charge >= 0.3 is 5.97 Å². The van der Waals surface area contributed by atoms with E-state index < -0.39 is 12.0 Å². The monoisotopic (exact) mass is 237 g/mol. The first-order chi connectivity index (χ1) is 7.78. The Kier molecular flexibility index (Phi) is 4.12. The third-order valence-corrected chi connectivity index (χ3v) is 2.10. The van der Waals surface area contributed by atoms with Crippen LogP contribution < -0.4 is 10.5 Å². The van der Waals surface area contributed by atoms with Crippen molar-refractivity contribution < 1.29 is 14.6 Å². The average Bonchev–Trinajstić information content (AvgIpc) is 2.14. The number of rotatable bonds is 4. The SMILES string of the molecule is CC(C)(C)Oc1cccc([C@@H](N)CC(=O)O)c1. The molecule has 1 aromatic carbocycles. The van der Waals surface area contributed by atoms with Crippen LogP contribution in [0.25, 0.3) is 0 Å². The summed E-state index contributed by atoms with van der Waals surface area (Å²) in [5.41, 5.74) is 6.28. The van der Waals surface area contributed by atoms with E-state index in [4.69, 9.17) is 15.6 Å². The van der Waals surface area contributed by atoms with Gasteiger partial charge in [-0.2, -0.15) is 0 Å². The van der Waals surface area contributed by atoms with Gasteiger partial charge in [0.05, 0.1) is 6.42 Å². The molecule has 0 fully saturated rings. The van der Waals surface area contributed by atoms with Gasteiger partial charge in [0.25, 0.3) is 0 Å². The molecule has 94 valence electrons. The van der Waals surface area contributed by atoms with Crippen molar-refractivity contribution in [3.05, 3.63) is 29.8 Å². The Morgan fingerprint density at radius 3 is 2.65 bits per heavy atom. The summed E-state index contributed by atoms with van der Waals surface area (Å²) in [6, 6.07) is 6.75. The van der Waals surface area contributed by atoms with E-state index in [9.17, 15) is 4.79 Å². The molecule has 0 aliphatic heterocycles. The molecule has 0 aliphatic rings. The van der Waals surface area contributed by atoms with Crippen LogP contribution in [0.5, 0.6) is 5.75 Å². The van der Waals surface area contributed by atoms with Crippen LogP contribution in [-0.4, -0.2) is 16.7 Å². The molecule has 0 saturated heterocycles. The number of nitrogens with two attached hydrogens (primary N) is 1. The third kappa shape index (κ3) is 4.87. The van der Waals surface area contributed by atoms with Gasteiger partial charge < -0.3 is 15.6 Å². The highest BCUT2D eigenvalue weighted by Crippen LogP contribution is 2.23. The van der Waals surface area contributed by atoms with Gasteiger partial charge in [0, 0.05) is 6.04 Å². The highest BCUT2D eigenvalue weighted by Gasteiger charge is 2.14. The Balaban J connectivity index is 2.82. The minimum atomic E-state index is -0.903. The summed E-state index contributed by atoms with van der Waals surface area (Å²) >= 11 is 0. The fraction of sp³-hybridized carbons (Fsp3) is 0.462. The predicted octanol–water partition coefficient (Wildman–Crippen LogP) is 2.34. The normalized spacial score (nSPS) is 13.2. The molecule has 0 heterocycles. The van der Waals surface area contributed by atoms with Gasteiger partial charge in [-0.25, -0.2) is 0 Å². The molecular formula is C13H19NO3. The minimum Gasteiger partial charge on any atom is -0.488 e. The Morgan fingerprint density at radius 1 is 1.47 bits per heavy atom. The second-order valence-corrected chi connectivity index (χ2v) is 4.99. The van der Waals surface area contributed by atoms with Crippen LogP contribution in [0.15, 0.2) is 24.3 Å². The van der Waals surface area contributed by atoms with Crippen molar-refractivity contribution in [2.75, 3.05) is 0 Å². The van der Waals surface area contributed by atoms with E-state index in [0.29, 0.717) is 5.75 Å². The summed E-state index contributed by atoms with van der Waals surface area (Å²) < 4.78 is 5.69. The zero-order chi connectivity index (χ0) is 13.1. The molecule has 3 N–H and O–H groups in total. The van der Waals surface area contributed by atoms with Gasteiger partial charge in [-0.1, -0.05) is 12.1 Å². The van der Waals surface area contributed by atoms with Crippen LogP contribution in [0, 0.1) is 0 Å². The molecule has 0 aromatic heterocycles. The number of carboxylic acids is 1. The standard InChI is InChI=1S/C13H19NO3/c1-13(2,3)17-10-6-4-5-9(7-10)11(14)8-12(15)16/h4-7,11H,8,14H2,1-3H3,(H,15,16)/t11-/m0/s1. The van der Waals surface area contributed by atoms with Crippen molar-refractivity contribution in [3.63, 3.8) is 0 Å². The molecule has 0 radical (unpaired) electrons. The lowest BCUT2D eigenvalue weighted by Gasteiger charge is -2.22. The Hall–Kier alpha value is -1.55. The first kappa shape index (κ1) is 13.5. The van der Waals surface area contributed by atoms with E-state index in [0.717, 1.165) is 5.56 Å². The first-order valence-electron chi connectivity index (χ1n) is 5.54. The quantitative estimate of drug-likeness (QED) is 0.843. The number of hydrogen-bond acceptors (Lipinski definition) is 3. The van der Waals surface area contributed by atoms with Crippen molar-refractivity contribution >= 4 is 5.97 Å². The summed E-state index contributed by atoms with van der Waals surface area (Å²) in [4.78, 5) is 10.6. The molecule has 4 nitrogen and oxygen atoms in total. The zero-order valence-electron chi connectivity index (χ0n) is 10.4. The predicted molar refractivity (Wildman–Crippen MR) is 66.0 cm³/mol. The molecule has 1 rings (SSSR count). The second kappa shape index (κ2) is 5.19. The average molecular weight is 237 g/mol. The van der Waals surface area contributed by atoms with Crippen molar-refractivity contribution in [2.24, 2.45) is 5.73 Å². The van der Waals surface area contributed by atoms with E-state index in [-0.39, 0.29) is 12.0 Å². The molecule has 1 aromatic rings. The second-order valence-electron chi connectivity index (χ2n) is 4.99. The largest absolute Gasteiger partial charge is 0.488 e. The number of benzene rings is 1. The van der Waals surface area contributed by atoms with Crippen LogP contribution in [0.1, 0.15) is 38.8 Å². The van der Waals surface area contributed by atoms with Crippen molar-refractivity contribution in [1.82, 2.24) is 0 Å². The molecule has 0 aliphatic carbocycles. The van der Waals surface area contributed by atoms with Crippen LogP contribution >= 0.6 is 0 Å². The Labute approximate surface area is 101 Å². The number of hydrogen-bond donors (Lipinski definition) is 2. The van der Waals surface area contributed by atoms with Crippen LogP contribution in [0.3, 0.4) is 0 Å². The van der Waals surface area contributed by atoms with Crippen LogP contribution in [-0.2, 0) is 4.79 Å². The van der Waals surface area contributed by atoms with Crippen LogP contribution in [0.2, 0.25) is 0 Å². The van der Waals surface area contributed by atoms with Crippen molar-refractivity contribution in [3.8, 4) is 5.75 Å². The molecule has 4 heteroatoms. The molecule has 0 amide bonds. The Morgan fingerprint density at radius 2 is 2.12 bits per heavy atom. The molecule has 0 bridgehead atoms. The maximum absolute atomic E-state index is 10.6. The summed E-state index contributed by atoms with van der Waals surface area (Å²) in [6.45, 7) is 5.87. The number of carbonyl (C=O) groups is 1. The van der Waals surface area contributed by atoms with Gasteiger partial charge in [0.1, 0.15) is 11.4 Å². The molecular weight excluding hydrogens is 218 g/mol. The topological polar surface area (TPSA) is 72.5 Å². The van der Waals surface area contributed by atoms with Gasteiger partial charge in [0.15, 0.2) is 0 Å². The molecule has 0 saturated carbocycles. The van der Waals surface area contributed by atoms with E-state index in [1.807, 2.05) is 39.0 Å². The summed E-state index contributed by atoms with van der Waals surface area (Å²) in [5, 5.41) is 8.69. The van der Waals surface area contributed by atoms with E-state index in [2.05, 4.69) is 0 Å². The maximum Gasteiger partial charge on any atom is 0.305 e. The third-order valence-electron chi connectivity index (χ3n) is 2.10. The fourth-order valence-corrected chi connectivity index (χ4v) is 1.47. The maximum atomic E-state index is 10.6. The summed E-state index contributed by atoms with van der Waals surface area (Å²) in [5.74, 6) is -0.199. The van der Waals surface area contributed by atoms with Gasteiger partial charge in [0.2, 0.25) is 0 Å². The smallest absolute Gasteiger partial charge is 0.305 e. The summed E-state index contributed by atoms with van der Waals surface area (Å²) in [7, 11) is 0. The molecule has 1 atom stereocenters. The zero-order valence-corrected chi connectivity index (χ0v) is 10.4. The Bertz CT molecular complexity index is 396. The van der Waals surface area contributed by atoms with Crippen molar-refractivity contribution in [1.29, 1.82) is 0 Å². The number of carboxylic acid groups (broad SMARTS) is 1. The van der Waals surface area contributed by atoms with E-state index in [1.165, 1.54) is 0 Å². The van der Waals surface area contributed by atoms with Gasteiger partial charge in [-0.3, -0.25) is 4.79 Å². The number of ether oxygens (including phenoxy) is 1. The fourth-order valence-electron chi connectivity index (χ4n) is 1.47. The first-order valence-corrected chi connectivity index (χ1v) is 5.54. The van der Waals surface area contributed by atoms with Gasteiger partial charge in [-0.15, -0.1) is 0 Å². The lowest BCUT2D eigenvalue weighted by Crippen LogP contribution is -2.23. The highest BCUT2D eigenvalue weighted by atomic mass is 16.5. The lowest BCUT2D eigenvalue weighted by molar-refractivity contribution is -0.137. The number of aliphatic carboxylic acids is 1. The van der Waals surface area contributed by atoms with Crippen LogP contribution in [0.4, 0.5) is 0 Å². The minimum absolute atomic E-state index is 0.0844. The highest BCUT2D eigenvalue weighted by molar-refractivity contribution is 5.67.